The average molecular weight is 357 g/mol. The number of alkyl halides is 3. The molecular weight excluding hydrogens is 335 g/mol. The van der Waals surface area contributed by atoms with Crippen molar-refractivity contribution in [1.82, 2.24) is 20.6 Å². The molecule has 3 unspecified atom stereocenters. The Hall–Kier alpha value is -1.90. The molecule has 2 fully saturated rings. The molecule has 1 saturated heterocycles. The van der Waals surface area contributed by atoms with Crippen LogP contribution in [0, 0.1) is 5.92 Å². The average Bonchev–Trinajstić information content (AvgIpc) is 3.02. The first kappa shape index (κ1) is 17.9. The number of carbonyl (C=O) groups excluding carboxylic acids is 1. The number of nitrogens with one attached hydrogen (secondary N) is 3. The number of hydrogen-bond acceptors (Lipinski definition) is 5. The zero-order chi connectivity index (χ0) is 17.9. The van der Waals surface area contributed by atoms with E-state index in [0.29, 0.717) is 18.5 Å². The highest BCUT2D eigenvalue weighted by Gasteiger charge is 2.38. The first-order chi connectivity index (χ1) is 11.9. The van der Waals surface area contributed by atoms with Crippen LogP contribution in [0.5, 0.6) is 0 Å². The first-order valence-electron chi connectivity index (χ1n) is 8.61. The first-order valence-corrected chi connectivity index (χ1v) is 8.61. The van der Waals surface area contributed by atoms with Crippen LogP contribution in [-0.2, 0) is 11.0 Å². The summed E-state index contributed by atoms with van der Waals surface area (Å²) in [5, 5.41) is 8.90. The van der Waals surface area contributed by atoms with Crippen LogP contribution in [0.15, 0.2) is 12.3 Å². The fourth-order valence-electron chi connectivity index (χ4n) is 3.61. The quantitative estimate of drug-likeness (QED) is 0.702. The summed E-state index contributed by atoms with van der Waals surface area (Å²) in [4.78, 5) is 19.4. The second kappa shape index (κ2) is 7.55. The third kappa shape index (κ3) is 4.59. The molecule has 2 heterocycles. The maximum atomic E-state index is 12.6. The van der Waals surface area contributed by atoms with Crippen molar-refractivity contribution < 1.29 is 18.0 Å². The summed E-state index contributed by atoms with van der Waals surface area (Å²) in [5.41, 5.74) is -0.994. The standard InChI is InChI=1S/C16H22F3N5O/c17-16(18,19)13-5-6-21-15(24-13)22-8-7-20-14(25)12-9-10-3-1-2-4-11(10)23-12/h5-6,10-12,23H,1-4,7-9H2,(H,20,25)(H,21,22,24). The van der Waals surface area contributed by atoms with Gasteiger partial charge in [0, 0.05) is 25.3 Å². The molecule has 0 radical (unpaired) electrons. The number of amides is 1. The maximum absolute atomic E-state index is 12.6. The second-order valence-corrected chi connectivity index (χ2v) is 6.59. The van der Waals surface area contributed by atoms with E-state index < -0.39 is 11.9 Å². The highest BCUT2D eigenvalue weighted by molar-refractivity contribution is 5.82. The van der Waals surface area contributed by atoms with Gasteiger partial charge in [-0.2, -0.15) is 13.2 Å². The molecule has 25 heavy (non-hydrogen) atoms. The predicted octanol–water partition coefficient (Wildman–Crippen LogP) is 1.94. The number of halogens is 3. The van der Waals surface area contributed by atoms with Gasteiger partial charge in [0.2, 0.25) is 11.9 Å². The molecule has 1 amide bonds. The Morgan fingerprint density at radius 1 is 1.28 bits per heavy atom. The Bertz CT molecular complexity index is 596. The monoisotopic (exact) mass is 357 g/mol. The number of nitrogens with zero attached hydrogens (tertiary/aromatic N) is 2. The van der Waals surface area contributed by atoms with Gasteiger partial charge in [-0.3, -0.25) is 4.79 Å². The van der Waals surface area contributed by atoms with Gasteiger partial charge in [-0.25, -0.2) is 9.97 Å². The molecule has 9 heteroatoms. The molecule has 3 N–H and O–H groups in total. The van der Waals surface area contributed by atoms with Gasteiger partial charge in [-0.1, -0.05) is 12.8 Å². The predicted molar refractivity (Wildman–Crippen MR) is 85.8 cm³/mol. The fourth-order valence-corrected chi connectivity index (χ4v) is 3.61. The largest absolute Gasteiger partial charge is 0.433 e. The minimum absolute atomic E-state index is 0.0545. The van der Waals surface area contributed by atoms with Crippen LogP contribution in [0.4, 0.5) is 19.1 Å². The lowest BCUT2D eigenvalue weighted by atomic mass is 9.85. The zero-order valence-electron chi connectivity index (χ0n) is 13.8. The molecule has 2 aliphatic rings. The summed E-state index contributed by atoms with van der Waals surface area (Å²) in [6, 6.07) is 1.09. The highest BCUT2D eigenvalue weighted by Crippen LogP contribution is 2.33. The van der Waals surface area contributed by atoms with Crippen molar-refractivity contribution in [3.63, 3.8) is 0 Å². The number of carbonyl (C=O) groups is 1. The van der Waals surface area contributed by atoms with Crippen LogP contribution in [0.25, 0.3) is 0 Å². The number of aromatic nitrogens is 2. The van der Waals surface area contributed by atoms with Crippen LogP contribution >= 0.6 is 0 Å². The van der Waals surface area contributed by atoms with Crippen molar-refractivity contribution in [2.45, 2.75) is 50.4 Å². The van der Waals surface area contributed by atoms with E-state index in [4.69, 9.17) is 0 Å². The minimum atomic E-state index is -4.50. The molecule has 0 spiro atoms. The van der Waals surface area contributed by atoms with Gasteiger partial charge in [0.15, 0.2) is 0 Å². The lowest BCUT2D eigenvalue weighted by molar-refractivity contribution is -0.141. The highest BCUT2D eigenvalue weighted by atomic mass is 19.4. The zero-order valence-corrected chi connectivity index (χ0v) is 13.8. The molecule has 138 valence electrons. The molecule has 1 aliphatic heterocycles. The number of anilines is 1. The summed E-state index contributed by atoms with van der Waals surface area (Å²) in [7, 11) is 0. The molecule has 1 aromatic rings. The summed E-state index contributed by atoms with van der Waals surface area (Å²) < 4.78 is 37.7. The SMILES string of the molecule is O=C(NCCNc1nccc(C(F)(F)F)n1)C1CC2CCCCC2N1. The van der Waals surface area contributed by atoms with Crippen molar-refractivity contribution in [2.24, 2.45) is 5.92 Å². The molecule has 3 atom stereocenters. The Balaban J connectivity index is 1.41. The van der Waals surface area contributed by atoms with E-state index in [1.807, 2.05) is 0 Å². The summed E-state index contributed by atoms with van der Waals surface area (Å²) in [5.74, 6) is 0.427. The number of rotatable bonds is 5. The van der Waals surface area contributed by atoms with E-state index in [-0.39, 0.29) is 24.4 Å². The summed E-state index contributed by atoms with van der Waals surface area (Å²) in [6.07, 6.45) is 2.17. The lowest BCUT2D eigenvalue weighted by Crippen LogP contribution is -2.44. The van der Waals surface area contributed by atoms with E-state index in [1.54, 1.807) is 0 Å². The van der Waals surface area contributed by atoms with Crippen LogP contribution in [-0.4, -0.2) is 41.0 Å². The van der Waals surface area contributed by atoms with E-state index >= 15 is 0 Å². The van der Waals surface area contributed by atoms with Gasteiger partial charge in [-0.15, -0.1) is 0 Å². The number of hydrogen-bond donors (Lipinski definition) is 3. The minimum Gasteiger partial charge on any atom is -0.353 e. The Morgan fingerprint density at radius 3 is 2.84 bits per heavy atom. The van der Waals surface area contributed by atoms with Crippen molar-refractivity contribution in [3.8, 4) is 0 Å². The van der Waals surface area contributed by atoms with E-state index in [9.17, 15) is 18.0 Å². The lowest BCUT2D eigenvalue weighted by Gasteiger charge is -2.24. The van der Waals surface area contributed by atoms with Crippen LogP contribution in [0.3, 0.4) is 0 Å². The van der Waals surface area contributed by atoms with Gasteiger partial charge in [0.05, 0.1) is 6.04 Å². The molecule has 1 aliphatic carbocycles. The smallest absolute Gasteiger partial charge is 0.353 e. The molecule has 3 rings (SSSR count). The Labute approximate surface area is 144 Å². The molecule has 1 aromatic heterocycles. The van der Waals surface area contributed by atoms with Crippen molar-refractivity contribution >= 4 is 11.9 Å². The summed E-state index contributed by atoms with van der Waals surface area (Å²) in [6.45, 7) is 0.554. The molecule has 0 aromatic carbocycles. The van der Waals surface area contributed by atoms with Crippen LogP contribution in [0.1, 0.15) is 37.8 Å². The normalized spacial score (nSPS) is 26.1. The molecule has 0 bridgehead atoms. The van der Waals surface area contributed by atoms with Gasteiger partial charge in [0.25, 0.3) is 0 Å². The van der Waals surface area contributed by atoms with Gasteiger partial charge < -0.3 is 16.0 Å². The number of fused-ring (bicyclic) bond motifs is 1. The van der Waals surface area contributed by atoms with Crippen molar-refractivity contribution in [1.29, 1.82) is 0 Å². The Kier molecular flexibility index (Phi) is 5.41. The van der Waals surface area contributed by atoms with Gasteiger partial charge in [0.1, 0.15) is 5.69 Å². The molecular formula is C16H22F3N5O. The van der Waals surface area contributed by atoms with E-state index in [1.165, 1.54) is 19.3 Å². The van der Waals surface area contributed by atoms with E-state index in [0.717, 1.165) is 25.1 Å². The van der Waals surface area contributed by atoms with Crippen LogP contribution in [0.2, 0.25) is 0 Å². The van der Waals surface area contributed by atoms with E-state index in [2.05, 4.69) is 25.9 Å². The third-order valence-corrected chi connectivity index (χ3v) is 4.83. The second-order valence-electron chi connectivity index (χ2n) is 6.59. The molecule has 6 nitrogen and oxygen atoms in total. The fraction of sp³-hybridized carbons (Fsp3) is 0.688. The van der Waals surface area contributed by atoms with Gasteiger partial charge >= 0.3 is 6.18 Å². The van der Waals surface area contributed by atoms with Crippen molar-refractivity contribution in [3.05, 3.63) is 18.0 Å². The third-order valence-electron chi connectivity index (χ3n) is 4.83. The van der Waals surface area contributed by atoms with Crippen LogP contribution < -0.4 is 16.0 Å². The topological polar surface area (TPSA) is 78.9 Å². The van der Waals surface area contributed by atoms with Crippen molar-refractivity contribution in [2.75, 3.05) is 18.4 Å². The Morgan fingerprint density at radius 2 is 2.08 bits per heavy atom. The maximum Gasteiger partial charge on any atom is 0.433 e. The summed E-state index contributed by atoms with van der Waals surface area (Å²) >= 11 is 0. The molecule has 1 saturated carbocycles. The van der Waals surface area contributed by atoms with Gasteiger partial charge in [-0.05, 0) is 31.2 Å².